The number of para-hydroxylation sites is 1. The lowest BCUT2D eigenvalue weighted by atomic mass is 10.3. The third-order valence-corrected chi connectivity index (χ3v) is 2.44. The minimum absolute atomic E-state index is 0.639. The van der Waals surface area contributed by atoms with Crippen molar-refractivity contribution in [2.45, 2.75) is 6.54 Å². The first-order valence-corrected chi connectivity index (χ1v) is 5.36. The monoisotopic (exact) mass is 225 g/mol. The zero-order valence-electron chi connectivity index (χ0n) is 9.14. The van der Waals surface area contributed by atoms with E-state index in [2.05, 4.69) is 15.4 Å². The largest absolute Gasteiger partial charge is 0.267 e. The molecule has 0 aliphatic heterocycles. The predicted molar refractivity (Wildman–Crippen MR) is 62.7 cm³/mol. The summed E-state index contributed by atoms with van der Waals surface area (Å²) >= 11 is 0. The highest BCUT2D eigenvalue weighted by Crippen LogP contribution is 2.06. The third-order valence-electron chi connectivity index (χ3n) is 2.44. The van der Waals surface area contributed by atoms with Gasteiger partial charge in [0.05, 0.1) is 18.4 Å². The molecule has 0 unspecified atom stereocenters. The van der Waals surface area contributed by atoms with Crippen molar-refractivity contribution >= 4 is 0 Å². The van der Waals surface area contributed by atoms with Crippen LogP contribution >= 0.6 is 0 Å². The highest BCUT2D eigenvalue weighted by atomic mass is 15.4. The van der Waals surface area contributed by atoms with Crippen LogP contribution in [-0.2, 0) is 6.54 Å². The standard InChI is InChI=1S/C12H11N5/c1-2-5-12(6-3-1)17-10-11(14-15-17)9-16-8-4-7-13-16/h1-8,10H,9H2. The zero-order chi connectivity index (χ0) is 11.5. The van der Waals surface area contributed by atoms with Crippen LogP contribution in [0.1, 0.15) is 5.69 Å². The van der Waals surface area contributed by atoms with Gasteiger partial charge in [-0.05, 0) is 18.2 Å². The molecule has 5 heteroatoms. The van der Waals surface area contributed by atoms with Crippen molar-refractivity contribution < 1.29 is 0 Å². The fraction of sp³-hybridized carbons (Fsp3) is 0.0833. The van der Waals surface area contributed by atoms with Gasteiger partial charge in [-0.2, -0.15) is 5.10 Å². The minimum Gasteiger partial charge on any atom is -0.267 e. The van der Waals surface area contributed by atoms with Gasteiger partial charge in [-0.3, -0.25) is 4.68 Å². The highest BCUT2D eigenvalue weighted by molar-refractivity contribution is 5.29. The molecule has 17 heavy (non-hydrogen) atoms. The summed E-state index contributed by atoms with van der Waals surface area (Å²) in [5.41, 5.74) is 1.89. The van der Waals surface area contributed by atoms with Gasteiger partial charge in [0.1, 0.15) is 5.69 Å². The topological polar surface area (TPSA) is 48.5 Å². The Morgan fingerprint density at radius 3 is 2.71 bits per heavy atom. The lowest BCUT2D eigenvalue weighted by molar-refractivity contribution is 0.669. The van der Waals surface area contributed by atoms with Crippen LogP contribution in [0.5, 0.6) is 0 Å². The van der Waals surface area contributed by atoms with E-state index < -0.39 is 0 Å². The van der Waals surface area contributed by atoms with Crippen LogP contribution in [0, 0.1) is 0 Å². The molecule has 3 rings (SSSR count). The molecular formula is C12H11N5. The van der Waals surface area contributed by atoms with Crippen LogP contribution in [0.4, 0.5) is 0 Å². The molecule has 0 N–H and O–H groups in total. The molecule has 5 nitrogen and oxygen atoms in total. The van der Waals surface area contributed by atoms with Crippen molar-refractivity contribution in [3.8, 4) is 5.69 Å². The smallest absolute Gasteiger partial charge is 0.105 e. The van der Waals surface area contributed by atoms with Crippen molar-refractivity contribution in [2.75, 3.05) is 0 Å². The second-order valence-corrected chi connectivity index (χ2v) is 3.69. The van der Waals surface area contributed by atoms with Crippen LogP contribution in [0.25, 0.3) is 5.69 Å². The molecule has 1 aromatic carbocycles. The van der Waals surface area contributed by atoms with E-state index in [0.717, 1.165) is 11.4 Å². The first-order valence-electron chi connectivity index (χ1n) is 5.36. The van der Waals surface area contributed by atoms with E-state index in [4.69, 9.17) is 0 Å². The molecule has 0 saturated carbocycles. The van der Waals surface area contributed by atoms with Crippen molar-refractivity contribution in [1.82, 2.24) is 24.8 Å². The molecule has 0 aliphatic carbocycles. The summed E-state index contributed by atoms with van der Waals surface area (Å²) in [6.45, 7) is 0.639. The Bertz CT molecular complexity index is 582. The Morgan fingerprint density at radius 1 is 1.06 bits per heavy atom. The Morgan fingerprint density at radius 2 is 1.94 bits per heavy atom. The van der Waals surface area contributed by atoms with Crippen LogP contribution in [0.3, 0.4) is 0 Å². The second-order valence-electron chi connectivity index (χ2n) is 3.69. The molecule has 2 aromatic heterocycles. The summed E-state index contributed by atoms with van der Waals surface area (Å²) in [5, 5.41) is 12.3. The fourth-order valence-corrected chi connectivity index (χ4v) is 1.64. The van der Waals surface area contributed by atoms with Gasteiger partial charge < -0.3 is 0 Å². The number of benzene rings is 1. The van der Waals surface area contributed by atoms with Gasteiger partial charge in [-0.15, -0.1) is 5.10 Å². The summed E-state index contributed by atoms with van der Waals surface area (Å²) in [6, 6.07) is 11.8. The van der Waals surface area contributed by atoms with Crippen molar-refractivity contribution in [3.05, 3.63) is 60.7 Å². The lowest BCUT2D eigenvalue weighted by Crippen LogP contribution is -1.99. The van der Waals surface area contributed by atoms with Gasteiger partial charge in [-0.25, -0.2) is 4.68 Å². The molecule has 84 valence electrons. The number of nitrogens with zero attached hydrogens (tertiary/aromatic N) is 5. The number of hydrogen-bond donors (Lipinski definition) is 0. The summed E-state index contributed by atoms with van der Waals surface area (Å²) in [7, 11) is 0. The van der Waals surface area contributed by atoms with E-state index >= 15 is 0 Å². The average Bonchev–Trinajstić information content (AvgIpc) is 3.02. The first kappa shape index (κ1) is 9.77. The first-order chi connectivity index (χ1) is 8.42. The van der Waals surface area contributed by atoms with Gasteiger partial charge in [0, 0.05) is 12.4 Å². The van der Waals surface area contributed by atoms with Crippen LogP contribution in [0.2, 0.25) is 0 Å². The Balaban J connectivity index is 1.84. The van der Waals surface area contributed by atoms with Gasteiger partial charge in [-0.1, -0.05) is 23.4 Å². The van der Waals surface area contributed by atoms with E-state index in [9.17, 15) is 0 Å². The normalized spacial score (nSPS) is 10.6. The average molecular weight is 225 g/mol. The molecule has 0 bridgehead atoms. The van der Waals surface area contributed by atoms with E-state index in [1.807, 2.05) is 53.5 Å². The number of aromatic nitrogens is 5. The maximum atomic E-state index is 4.13. The summed E-state index contributed by atoms with van der Waals surface area (Å²) in [4.78, 5) is 0. The molecule has 0 aliphatic rings. The molecule has 0 spiro atoms. The predicted octanol–water partition coefficient (Wildman–Crippen LogP) is 1.51. The molecule has 0 radical (unpaired) electrons. The molecule has 3 aromatic rings. The SMILES string of the molecule is c1ccc(-n2cc(Cn3cccn3)nn2)cc1. The molecular weight excluding hydrogens is 214 g/mol. The Kier molecular flexibility index (Phi) is 2.42. The van der Waals surface area contributed by atoms with Gasteiger partial charge >= 0.3 is 0 Å². The van der Waals surface area contributed by atoms with Gasteiger partial charge in [0.2, 0.25) is 0 Å². The summed E-state index contributed by atoms with van der Waals surface area (Å²) < 4.78 is 3.58. The number of rotatable bonds is 3. The minimum atomic E-state index is 0.639. The summed E-state index contributed by atoms with van der Waals surface area (Å²) in [6.07, 6.45) is 5.57. The second kappa shape index (κ2) is 4.21. The third kappa shape index (κ3) is 2.08. The van der Waals surface area contributed by atoms with E-state index in [-0.39, 0.29) is 0 Å². The molecule has 0 atom stereocenters. The molecule has 0 fully saturated rings. The Hall–Kier alpha value is -2.43. The molecule has 0 saturated heterocycles. The van der Waals surface area contributed by atoms with Crippen LogP contribution < -0.4 is 0 Å². The maximum Gasteiger partial charge on any atom is 0.105 e. The van der Waals surface area contributed by atoms with Gasteiger partial charge in [0.15, 0.2) is 0 Å². The van der Waals surface area contributed by atoms with Crippen LogP contribution in [-0.4, -0.2) is 24.8 Å². The highest BCUT2D eigenvalue weighted by Gasteiger charge is 2.02. The van der Waals surface area contributed by atoms with Crippen molar-refractivity contribution in [2.24, 2.45) is 0 Å². The molecule has 0 amide bonds. The summed E-state index contributed by atoms with van der Waals surface area (Å²) in [5.74, 6) is 0. The van der Waals surface area contributed by atoms with Crippen LogP contribution in [0.15, 0.2) is 55.0 Å². The van der Waals surface area contributed by atoms with E-state index in [1.165, 1.54) is 0 Å². The Labute approximate surface area is 98.3 Å². The lowest BCUT2D eigenvalue weighted by Gasteiger charge is -1.97. The molecule has 2 heterocycles. The number of hydrogen-bond acceptors (Lipinski definition) is 3. The zero-order valence-corrected chi connectivity index (χ0v) is 9.14. The maximum absolute atomic E-state index is 4.13. The van der Waals surface area contributed by atoms with E-state index in [0.29, 0.717) is 6.54 Å². The van der Waals surface area contributed by atoms with E-state index in [1.54, 1.807) is 10.9 Å². The van der Waals surface area contributed by atoms with Crippen molar-refractivity contribution in [3.63, 3.8) is 0 Å². The quantitative estimate of drug-likeness (QED) is 0.679. The van der Waals surface area contributed by atoms with Crippen molar-refractivity contribution in [1.29, 1.82) is 0 Å². The fourth-order valence-electron chi connectivity index (χ4n) is 1.64. The van der Waals surface area contributed by atoms with Gasteiger partial charge in [0.25, 0.3) is 0 Å².